The van der Waals surface area contributed by atoms with Gasteiger partial charge in [0, 0.05) is 17.1 Å². The molecule has 0 radical (unpaired) electrons. The zero-order valence-corrected chi connectivity index (χ0v) is 12.2. The zero-order valence-electron chi connectivity index (χ0n) is 11.4. The lowest BCUT2D eigenvalue weighted by molar-refractivity contribution is 0.886. The molecule has 3 aromatic rings. The fraction of sp³-hybridized carbons (Fsp3) is 0.111. The molecule has 1 nitrogen and oxygen atoms in total. The molecular formula is C18H17NS. The Balaban J connectivity index is 1.76. The molecule has 2 aromatic carbocycles. The van der Waals surface area contributed by atoms with Gasteiger partial charge in [0.15, 0.2) is 0 Å². The number of hydrogen-bond donors (Lipinski definition) is 1. The zero-order chi connectivity index (χ0) is 13.8. The Morgan fingerprint density at radius 2 is 1.55 bits per heavy atom. The van der Waals surface area contributed by atoms with E-state index in [0.29, 0.717) is 6.04 Å². The summed E-state index contributed by atoms with van der Waals surface area (Å²) in [4.78, 5) is 0. The lowest BCUT2D eigenvalue weighted by Gasteiger charge is -2.15. The highest BCUT2D eigenvalue weighted by molar-refractivity contribution is 7.08. The summed E-state index contributed by atoms with van der Waals surface area (Å²) in [6, 6.07) is 21.7. The van der Waals surface area contributed by atoms with Gasteiger partial charge in [0.25, 0.3) is 0 Å². The standard InChI is InChI=1S/C18H17NS/c1-14(19-18-11-12-20-13-18)15-7-9-17(10-8-15)16-5-3-2-4-6-16/h2-14,19H,1H3. The van der Waals surface area contributed by atoms with Gasteiger partial charge in [-0.3, -0.25) is 0 Å². The summed E-state index contributed by atoms with van der Waals surface area (Å²) in [5.41, 5.74) is 5.01. The summed E-state index contributed by atoms with van der Waals surface area (Å²) < 4.78 is 0. The van der Waals surface area contributed by atoms with E-state index < -0.39 is 0 Å². The van der Waals surface area contributed by atoms with Crippen LogP contribution in [0.5, 0.6) is 0 Å². The first-order chi connectivity index (χ1) is 9.83. The number of benzene rings is 2. The third-order valence-corrected chi connectivity index (χ3v) is 4.11. The normalized spacial score (nSPS) is 12.1. The molecular weight excluding hydrogens is 262 g/mol. The van der Waals surface area contributed by atoms with E-state index in [1.54, 1.807) is 11.3 Å². The molecule has 0 aliphatic rings. The van der Waals surface area contributed by atoms with Crippen molar-refractivity contribution in [3.63, 3.8) is 0 Å². The Morgan fingerprint density at radius 1 is 0.850 bits per heavy atom. The van der Waals surface area contributed by atoms with E-state index in [1.807, 2.05) is 6.07 Å². The van der Waals surface area contributed by atoms with E-state index in [1.165, 1.54) is 22.4 Å². The van der Waals surface area contributed by atoms with Gasteiger partial charge in [-0.05, 0) is 35.1 Å². The predicted molar refractivity (Wildman–Crippen MR) is 88.2 cm³/mol. The van der Waals surface area contributed by atoms with E-state index in [0.717, 1.165) is 0 Å². The third kappa shape index (κ3) is 2.91. The first-order valence-corrected chi connectivity index (χ1v) is 7.71. The third-order valence-electron chi connectivity index (χ3n) is 3.42. The van der Waals surface area contributed by atoms with Crippen LogP contribution in [0, 0.1) is 0 Å². The second-order valence-electron chi connectivity index (χ2n) is 4.87. The summed E-state index contributed by atoms with van der Waals surface area (Å²) in [5, 5.41) is 7.73. The Morgan fingerprint density at radius 3 is 2.20 bits per heavy atom. The van der Waals surface area contributed by atoms with E-state index >= 15 is 0 Å². The van der Waals surface area contributed by atoms with Crippen molar-refractivity contribution in [2.75, 3.05) is 5.32 Å². The molecule has 0 aliphatic heterocycles. The molecule has 1 N–H and O–H groups in total. The first-order valence-electron chi connectivity index (χ1n) is 6.77. The molecule has 0 amide bonds. The second kappa shape index (κ2) is 5.93. The summed E-state index contributed by atoms with van der Waals surface area (Å²) >= 11 is 1.71. The van der Waals surface area contributed by atoms with Crippen LogP contribution in [0.25, 0.3) is 11.1 Å². The fourth-order valence-electron chi connectivity index (χ4n) is 2.27. The molecule has 0 bridgehead atoms. The Labute approximate surface area is 123 Å². The van der Waals surface area contributed by atoms with Crippen molar-refractivity contribution in [2.45, 2.75) is 13.0 Å². The summed E-state index contributed by atoms with van der Waals surface area (Å²) in [6.45, 7) is 2.19. The van der Waals surface area contributed by atoms with Gasteiger partial charge < -0.3 is 5.32 Å². The molecule has 1 heterocycles. The highest BCUT2D eigenvalue weighted by atomic mass is 32.1. The van der Waals surface area contributed by atoms with Crippen molar-refractivity contribution < 1.29 is 0 Å². The monoisotopic (exact) mass is 279 g/mol. The number of hydrogen-bond acceptors (Lipinski definition) is 2. The minimum absolute atomic E-state index is 0.314. The molecule has 100 valence electrons. The number of anilines is 1. The van der Waals surface area contributed by atoms with Crippen LogP contribution in [-0.4, -0.2) is 0 Å². The van der Waals surface area contributed by atoms with Crippen LogP contribution in [0.4, 0.5) is 5.69 Å². The SMILES string of the molecule is CC(Nc1ccsc1)c1ccc(-c2ccccc2)cc1. The van der Waals surface area contributed by atoms with Crippen molar-refractivity contribution in [3.8, 4) is 11.1 Å². The molecule has 0 aliphatic carbocycles. The first kappa shape index (κ1) is 12.9. The second-order valence-corrected chi connectivity index (χ2v) is 5.65. The van der Waals surface area contributed by atoms with Crippen LogP contribution in [0.15, 0.2) is 71.4 Å². The van der Waals surface area contributed by atoms with Gasteiger partial charge in [0.2, 0.25) is 0 Å². The number of nitrogens with one attached hydrogen (secondary N) is 1. The maximum atomic E-state index is 3.51. The number of thiophene rings is 1. The quantitative estimate of drug-likeness (QED) is 0.656. The molecule has 1 atom stereocenters. The van der Waals surface area contributed by atoms with E-state index in [2.05, 4.69) is 77.6 Å². The highest BCUT2D eigenvalue weighted by Gasteiger charge is 2.05. The maximum absolute atomic E-state index is 3.51. The van der Waals surface area contributed by atoms with Crippen molar-refractivity contribution in [1.29, 1.82) is 0 Å². The van der Waals surface area contributed by atoms with Crippen LogP contribution in [-0.2, 0) is 0 Å². The smallest absolute Gasteiger partial charge is 0.0485 e. The van der Waals surface area contributed by atoms with Gasteiger partial charge in [-0.25, -0.2) is 0 Å². The van der Waals surface area contributed by atoms with Gasteiger partial charge in [-0.2, -0.15) is 11.3 Å². The molecule has 1 aromatic heterocycles. The molecule has 0 saturated heterocycles. The average molecular weight is 279 g/mol. The van der Waals surface area contributed by atoms with Crippen LogP contribution in [0.2, 0.25) is 0 Å². The van der Waals surface area contributed by atoms with Crippen molar-refractivity contribution in [1.82, 2.24) is 0 Å². The highest BCUT2D eigenvalue weighted by Crippen LogP contribution is 2.24. The van der Waals surface area contributed by atoms with E-state index in [9.17, 15) is 0 Å². The lowest BCUT2D eigenvalue weighted by Crippen LogP contribution is -2.05. The maximum Gasteiger partial charge on any atom is 0.0485 e. The van der Waals surface area contributed by atoms with Crippen LogP contribution in [0.3, 0.4) is 0 Å². The summed E-state index contributed by atoms with van der Waals surface area (Å²) in [5.74, 6) is 0. The topological polar surface area (TPSA) is 12.0 Å². The molecule has 1 unspecified atom stereocenters. The van der Waals surface area contributed by atoms with Gasteiger partial charge in [0.1, 0.15) is 0 Å². The molecule has 0 saturated carbocycles. The Kier molecular flexibility index (Phi) is 3.84. The molecule has 3 rings (SSSR count). The minimum Gasteiger partial charge on any atom is -0.378 e. The van der Waals surface area contributed by atoms with Crippen LogP contribution < -0.4 is 5.32 Å². The van der Waals surface area contributed by atoms with Gasteiger partial charge >= 0.3 is 0 Å². The molecule has 20 heavy (non-hydrogen) atoms. The summed E-state index contributed by atoms with van der Waals surface area (Å²) in [6.07, 6.45) is 0. The minimum atomic E-state index is 0.314. The fourth-order valence-corrected chi connectivity index (χ4v) is 2.87. The van der Waals surface area contributed by atoms with E-state index in [4.69, 9.17) is 0 Å². The lowest BCUT2D eigenvalue weighted by atomic mass is 10.0. The summed E-state index contributed by atoms with van der Waals surface area (Å²) in [7, 11) is 0. The van der Waals surface area contributed by atoms with Crippen molar-refractivity contribution >= 4 is 17.0 Å². The largest absolute Gasteiger partial charge is 0.378 e. The number of rotatable bonds is 4. The Bertz CT molecular complexity index is 642. The Hall–Kier alpha value is -2.06. The van der Waals surface area contributed by atoms with E-state index in [-0.39, 0.29) is 0 Å². The average Bonchev–Trinajstić information content (AvgIpc) is 3.01. The van der Waals surface area contributed by atoms with Crippen molar-refractivity contribution in [2.24, 2.45) is 0 Å². The van der Waals surface area contributed by atoms with Crippen LogP contribution in [0.1, 0.15) is 18.5 Å². The molecule has 2 heteroatoms. The molecule has 0 fully saturated rings. The van der Waals surface area contributed by atoms with Gasteiger partial charge in [-0.15, -0.1) is 0 Å². The predicted octanol–water partition coefficient (Wildman–Crippen LogP) is 5.59. The van der Waals surface area contributed by atoms with Gasteiger partial charge in [0.05, 0.1) is 0 Å². The van der Waals surface area contributed by atoms with Gasteiger partial charge in [-0.1, -0.05) is 54.6 Å². The van der Waals surface area contributed by atoms with Crippen molar-refractivity contribution in [3.05, 3.63) is 77.0 Å². The van der Waals surface area contributed by atoms with Crippen LogP contribution >= 0.6 is 11.3 Å². The molecule has 0 spiro atoms.